The van der Waals surface area contributed by atoms with E-state index in [1.165, 1.54) is 59.0 Å². The molecule has 248 valence electrons. The second kappa shape index (κ2) is 12.6. The molecule has 1 atom stereocenters. The second-order valence-electron chi connectivity index (χ2n) is 11.8. The van der Waals surface area contributed by atoms with E-state index in [0.717, 1.165) is 5.69 Å². The highest BCUT2D eigenvalue weighted by Gasteiger charge is 2.35. The molecule has 5 heterocycles. The summed E-state index contributed by atoms with van der Waals surface area (Å²) in [6, 6.07) is 10.1. The molecule has 1 aliphatic heterocycles. The number of likely N-dealkylation sites (tertiary alicyclic amines) is 1. The van der Waals surface area contributed by atoms with Gasteiger partial charge >= 0.3 is 0 Å². The van der Waals surface area contributed by atoms with E-state index in [4.69, 9.17) is 16.6 Å². The number of hydrogen-bond donors (Lipinski definition) is 1. The van der Waals surface area contributed by atoms with E-state index in [0.29, 0.717) is 57.1 Å². The summed E-state index contributed by atoms with van der Waals surface area (Å²) in [7, 11) is 0. The van der Waals surface area contributed by atoms with Gasteiger partial charge in [-0.05, 0) is 51.0 Å². The van der Waals surface area contributed by atoms with Gasteiger partial charge < -0.3 is 10.2 Å². The summed E-state index contributed by atoms with van der Waals surface area (Å²) in [6.45, 7) is 4.73. The van der Waals surface area contributed by atoms with E-state index in [1.807, 2.05) is 13.0 Å². The summed E-state index contributed by atoms with van der Waals surface area (Å²) in [6.07, 6.45) is 4.42. The maximum atomic E-state index is 15.8. The number of aromatic nitrogens is 6. The number of carbonyl (C=O) groups excluding carboxylic acids is 4. The van der Waals surface area contributed by atoms with Gasteiger partial charge in [-0.25, -0.2) is 23.6 Å². The molecule has 1 fully saturated rings. The van der Waals surface area contributed by atoms with Crippen LogP contribution in [0.1, 0.15) is 53.2 Å². The van der Waals surface area contributed by atoms with Crippen LogP contribution >= 0.6 is 22.9 Å². The van der Waals surface area contributed by atoms with Crippen molar-refractivity contribution < 1.29 is 23.6 Å². The molecule has 2 amide bonds. The summed E-state index contributed by atoms with van der Waals surface area (Å²) in [4.78, 5) is 62.3. The van der Waals surface area contributed by atoms with Crippen molar-refractivity contribution in [2.45, 2.75) is 46.2 Å². The number of fused-ring (bicyclic) bond motifs is 2. The zero-order valence-electron chi connectivity index (χ0n) is 26.5. The number of rotatable bonds is 8. The number of nitrogens with one attached hydrogen (secondary N) is 1. The van der Waals surface area contributed by atoms with Crippen molar-refractivity contribution in [3.63, 3.8) is 0 Å². The Morgan fingerprint density at radius 2 is 1.88 bits per heavy atom. The first kappa shape index (κ1) is 32.2. The topological polar surface area (TPSA) is 144 Å². The van der Waals surface area contributed by atoms with Gasteiger partial charge in [0.25, 0.3) is 0 Å². The van der Waals surface area contributed by atoms with Gasteiger partial charge in [-0.2, -0.15) is 10.2 Å². The quantitative estimate of drug-likeness (QED) is 0.191. The van der Waals surface area contributed by atoms with E-state index in [1.54, 1.807) is 29.0 Å². The van der Waals surface area contributed by atoms with Gasteiger partial charge in [0.2, 0.25) is 11.8 Å². The number of nitrogens with zero attached hydrogens (tertiary/aromatic N) is 7. The van der Waals surface area contributed by atoms with Crippen molar-refractivity contribution in [2.24, 2.45) is 0 Å². The Morgan fingerprint density at radius 1 is 1.06 bits per heavy atom. The molecule has 0 bridgehead atoms. The van der Waals surface area contributed by atoms with E-state index in [9.17, 15) is 19.2 Å². The first-order valence-corrected chi connectivity index (χ1v) is 16.6. The summed E-state index contributed by atoms with van der Waals surface area (Å²) >= 11 is 7.62. The molecule has 15 heteroatoms. The molecule has 1 aliphatic rings. The highest BCUT2D eigenvalue weighted by Crippen LogP contribution is 2.35. The molecule has 0 spiro atoms. The fourth-order valence-electron chi connectivity index (χ4n) is 5.98. The van der Waals surface area contributed by atoms with E-state index in [2.05, 4.69) is 20.5 Å². The molecule has 6 aromatic rings. The Kier molecular flexibility index (Phi) is 8.28. The molecule has 0 aliphatic carbocycles. The molecule has 0 saturated carbocycles. The van der Waals surface area contributed by atoms with Gasteiger partial charge in [0.05, 0.1) is 11.4 Å². The van der Waals surface area contributed by atoms with Gasteiger partial charge in [-0.15, -0.1) is 11.3 Å². The average molecular weight is 699 g/mol. The fourth-order valence-corrected chi connectivity index (χ4v) is 7.28. The number of thiazole rings is 1. The summed E-state index contributed by atoms with van der Waals surface area (Å²) in [5, 5.41) is 12.3. The van der Waals surface area contributed by atoms with Crippen molar-refractivity contribution >= 4 is 68.0 Å². The molecule has 1 saturated heterocycles. The van der Waals surface area contributed by atoms with Crippen LogP contribution in [-0.2, 0) is 16.1 Å². The molecule has 7 rings (SSSR count). The molecule has 1 N–H and O–H groups in total. The first-order chi connectivity index (χ1) is 23.5. The summed E-state index contributed by atoms with van der Waals surface area (Å²) in [5.41, 5.74) is 3.46. The van der Waals surface area contributed by atoms with Crippen molar-refractivity contribution in [3.05, 3.63) is 82.6 Å². The number of anilines is 1. The van der Waals surface area contributed by atoms with Crippen molar-refractivity contribution in [1.29, 1.82) is 0 Å². The van der Waals surface area contributed by atoms with Crippen LogP contribution in [0.15, 0.2) is 54.9 Å². The summed E-state index contributed by atoms with van der Waals surface area (Å²) < 4.78 is 19.4. The molecular weight excluding hydrogens is 671 g/mol. The Morgan fingerprint density at radius 3 is 2.65 bits per heavy atom. The normalized spacial score (nSPS) is 14.6. The molecule has 0 radical (unpaired) electrons. The lowest BCUT2D eigenvalue weighted by atomic mass is 10.00. The zero-order valence-corrected chi connectivity index (χ0v) is 28.1. The maximum Gasteiger partial charge on any atom is 0.247 e. The number of Topliss-reactive ketones (excluding diaryl/α,β-unsaturated/α-hetero) is 2. The van der Waals surface area contributed by atoms with Crippen LogP contribution in [-0.4, -0.2) is 70.2 Å². The highest BCUT2D eigenvalue weighted by molar-refractivity contribution is 7.22. The average Bonchev–Trinajstić information content (AvgIpc) is 3.85. The van der Waals surface area contributed by atoms with Crippen molar-refractivity contribution in [3.8, 4) is 21.7 Å². The van der Waals surface area contributed by atoms with Gasteiger partial charge in [0.1, 0.15) is 28.0 Å². The minimum Gasteiger partial charge on any atom is -0.329 e. The SMILES string of the molecule is CC(=O)c1ccc(Cl)c(-c2cccc(NC(=O)[C@@H]3CCCN3C(=O)Cn3nc(C(C)=O)c4sc(-c5cnc6cc(C)nn6c5)nc43)c2F)c1. The van der Waals surface area contributed by atoms with Gasteiger partial charge in [0.15, 0.2) is 28.7 Å². The third kappa shape index (κ3) is 5.97. The van der Waals surface area contributed by atoms with E-state index >= 15 is 4.39 Å². The maximum absolute atomic E-state index is 15.8. The summed E-state index contributed by atoms with van der Waals surface area (Å²) in [5.74, 6) is -2.14. The number of hydrogen-bond acceptors (Lipinski definition) is 9. The van der Waals surface area contributed by atoms with Crippen LogP contribution in [0.3, 0.4) is 0 Å². The predicted molar refractivity (Wildman–Crippen MR) is 182 cm³/mol. The standard InChI is InChI=1S/C34H28ClFN8O4S/c1-17-12-27-37-14-21(15-43(27)40-17)34-39-32-31(49-34)30(19(3)46)41-44(32)16-28(47)42-11-5-8-26(42)33(48)38-25-7-4-6-22(29(25)36)23-13-20(18(2)45)9-10-24(23)35/h4,6-7,9-10,12-15,26H,5,8,11,16H2,1-3H3,(H,38,48)/t26-/m0/s1. The van der Waals surface area contributed by atoms with Gasteiger partial charge in [-0.3, -0.25) is 19.2 Å². The lowest BCUT2D eigenvalue weighted by Gasteiger charge is -2.24. The van der Waals surface area contributed by atoms with Crippen LogP contribution in [0.5, 0.6) is 0 Å². The highest BCUT2D eigenvalue weighted by atomic mass is 35.5. The minimum absolute atomic E-state index is 0.0843. The molecule has 4 aromatic heterocycles. The largest absolute Gasteiger partial charge is 0.329 e. The zero-order chi connectivity index (χ0) is 34.6. The first-order valence-electron chi connectivity index (χ1n) is 15.4. The van der Waals surface area contributed by atoms with E-state index in [-0.39, 0.29) is 40.1 Å². The van der Waals surface area contributed by atoms with Gasteiger partial charge in [0, 0.05) is 59.2 Å². The minimum atomic E-state index is -0.861. The van der Waals surface area contributed by atoms with Crippen LogP contribution in [0.4, 0.5) is 10.1 Å². The number of ketones is 2. The Balaban J connectivity index is 1.12. The molecule has 2 aromatic carbocycles. The van der Waals surface area contributed by atoms with Gasteiger partial charge in [-0.1, -0.05) is 23.7 Å². The monoisotopic (exact) mass is 698 g/mol. The number of aryl methyl sites for hydroxylation is 1. The smallest absolute Gasteiger partial charge is 0.247 e. The Hall–Kier alpha value is -5.34. The van der Waals surface area contributed by atoms with Crippen molar-refractivity contribution in [2.75, 3.05) is 11.9 Å². The van der Waals surface area contributed by atoms with Crippen LogP contribution in [0.2, 0.25) is 5.02 Å². The number of amides is 2. The third-order valence-electron chi connectivity index (χ3n) is 8.39. The third-order valence-corrected chi connectivity index (χ3v) is 9.82. The molecule has 49 heavy (non-hydrogen) atoms. The molecular formula is C34H28ClFN8O4S. The predicted octanol–water partition coefficient (Wildman–Crippen LogP) is 6.01. The lowest BCUT2D eigenvalue weighted by molar-refractivity contribution is -0.137. The van der Waals surface area contributed by atoms with E-state index < -0.39 is 23.7 Å². The van der Waals surface area contributed by atoms with Crippen molar-refractivity contribution in [1.82, 2.24) is 34.3 Å². The molecule has 0 unspecified atom stereocenters. The second-order valence-corrected chi connectivity index (χ2v) is 13.2. The number of carbonyl (C=O) groups is 4. The fraction of sp³-hybridized carbons (Fsp3) is 0.235. The number of halogens is 2. The van der Waals surface area contributed by atoms with Crippen LogP contribution < -0.4 is 5.32 Å². The van der Waals surface area contributed by atoms with Crippen LogP contribution in [0.25, 0.3) is 37.7 Å². The van der Waals surface area contributed by atoms with Crippen LogP contribution in [0, 0.1) is 12.7 Å². The molecule has 12 nitrogen and oxygen atoms in total. The Bertz CT molecular complexity index is 2350. The lowest BCUT2D eigenvalue weighted by Crippen LogP contribution is -2.44. The number of benzene rings is 2. The Labute approximate surface area is 287 Å².